The van der Waals surface area contributed by atoms with Crippen molar-refractivity contribution in [3.05, 3.63) is 84.9 Å². The molecule has 0 spiro atoms. The molecule has 0 bridgehead atoms. The zero-order valence-electron chi connectivity index (χ0n) is 12.0. The van der Waals surface area contributed by atoms with Crippen LogP contribution in [0.4, 0.5) is 0 Å². The van der Waals surface area contributed by atoms with E-state index in [1.54, 1.807) is 0 Å². The molecule has 5 rings (SSSR count). The predicted molar refractivity (Wildman–Crippen MR) is 92.7 cm³/mol. The van der Waals surface area contributed by atoms with Crippen molar-refractivity contribution in [1.29, 1.82) is 0 Å². The molecule has 0 heterocycles. The lowest BCUT2D eigenvalue weighted by molar-refractivity contribution is 1.63. The second kappa shape index (κ2) is 4.32. The maximum atomic E-state index is 3.38. The molecule has 1 radical (unpaired) electrons. The minimum Gasteiger partial charge on any atom is -0.0616 e. The fourth-order valence-corrected chi connectivity index (χ4v) is 3.60. The normalized spacial score (nSPS) is 11.6. The summed E-state index contributed by atoms with van der Waals surface area (Å²) in [6, 6.07) is 31.3. The number of fused-ring (bicyclic) bond motifs is 3. The van der Waals surface area contributed by atoms with Gasteiger partial charge in [-0.1, -0.05) is 78.9 Å². The standard InChI is InChI=1S/C22H13/c1-2-7-15(8-3-1)17-14-13-16-9-6-12-19-18-10-4-5-11-20(18)22(17)21(16)19/h1-7,9-14H. The van der Waals surface area contributed by atoms with Gasteiger partial charge in [0.25, 0.3) is 0 Å². The van der Waals surface area contributed by atoms with Crippen molar-refractivity contribution < 1.29 is 0 Å². The maximum Gasteiger partial charge on any atom is -0.00141 e. The maximum absolute atomic E-state index is 3.38. The average Bonchev–Trinajstić information content (AvgIpc) is 2.93. The minimum atomic E-state index is 1.16. The fraction of sp³-hybridized carbons (Fsp3) is 0. The van der Waals surface area contributed by atoms with Crippen LogP contribution in [0.25, 0.3) is 44.2 Å². The third-order valence-corrected chi connectivity index (χ3v) is 4.53. The van der Waals surface area contributed by atoms with E-state index in [-0.39, 0.29) is 0 Å². The number of hydrogen-bond acceptors (Lipinski definition) is 0. The molecule has 101 valence electrons. The van der Waals surface area contributed by atoms with E-state index in [9.17, 15) is 0 Å². The molecule has 0 aromatic heterocycles. The van der Waals surface area contributed by atoms with Gasteiger partial charge in [-0.15, -0.1) is 0 Å². The molecule has 0 nitrogen and oxygen atoms in total. The van der Waals surface area contributed by atoms with E-state index < -0.39 is 0 Å². The van der Waals surface area contributed by atoms with Crippen LogP contribution in [0.2, 0.25) is 0 Å². The second-order valence-electron chi connectivity index (χ2n) is 5.71. The zero-order valence-corrected chi connectivity index (χ0v) is 12.0. The molecule has 0 fully saturated rings. The lowest BCUT2D eigenvalue weighted by Crippen LogP contribution is -1.84. The van der Waals surface area contributed by atoms with Crippen molar-refractivity contribution in [3.63, 3.8) is 0 Å². The molecule has 0 saturated heterocycles. The van der Waals surface area contributed by atoms with Gasteiger partial charge in [0.2, 0.25) is 0 Å². The van der Waals surface area contributed by atoms with Gasteiger partial charge in [-0.25, -0.2) is 0 Å². The van der Waals surface area contributed by atoms with Gasteiger partial charge >= 0.3 is 0 Å². The smallest absolute Gasteiger partial charge is 0.00141 e. The first kappa shape index (κ1) is 11.8. The first-order chi connectivity index (χ1) is 10.9. The Morgan fingerprint density at radius 2 is 1.36 bits per heavy atom. The van der Waals surface area contributed by atoms with Gasteiger partial charge in [0, 0.05) is 0 Å². The van der Waals surface area contributed by atoms with Crippen molar-refractivity contribution in [2.75, 3.05) is 0 Å². The summed E-state index contributed by atoms with van der Waals surface area (Å²) in [4.78, 5) is 0. The lowest BCUT2D eigenvalue weighted by atomic mass is 9.93. The van der Waals surface area contributed by atoms with Gasteiger partial charge in [0.15, 0.2) is 0 Å². The highest BCUT2D eigenvalue weighted by molar-refractivity contribution is 6.19. The first-order valence-electron chi connectivity index (χ1n) is 7.56. The highest BCUT2D eigenvalue weighted by atomic mass is 14.3. The average molecular weight is 277 g/mol. The van der Waals surface area contributed by atoms with E-state index in [0.717, 1.165) is 5.56 Å². The summed E-state index contributed by atoms with van der Waals surface area (Å²) < 4.78 is 0. The van der Waals surface area contributed by atoms with Crippen molar-refractivity contribution >= 4 is 10.8 Å². The van der Waals surface area contributed by atoms with Gasteiger partial charge in [-0.05, 0) is 50.2 Å². The van der Waals surface area contributed by atoms with E-state index in [4.69, 9.17) is 0 Å². The molecule has 0 saturated carbocycles. The largest absolute Gasteiger partial charge is 0.0616 e. The Morgan fingerprint density at radius 1 is 0.545 bits per heavy atom. The molecule has 0 atom stereocenters. The van der Waals surface area contributed by atoms with E-state index in [0.29, 0.717) is 0 Å². The Balaban J connectivity index is 1.98. The monoisotopic (exact) mass is 277 g/mol. The van der Waals surface area contributed by atoms with E-state index >= 15 is 0 Å². The Labute approximate surface area is 129 Å². The molecule has 1 aliphatic rings. The topological polar surface area (TPSA) is 0 Å². The van der Waals surface area contributed by atoms with Gasteiger partial charge < -0.3 is 0 Å². The summed E-state index contributed by atoms with van der Waals surface area (Å²) in [7, 11) is 0. The lowest BCUT2D eigenvalue weighted by Gasteiger charge is -2.10. The molecule has 0 heteroatoms. The quantitative estimate of drug-likeness (QED) is 0.355. The third kappa shape index (κ3) is 1.47. The van der Waals surface area contributed by atoms with Crippen LogP contribution in [0.15, 0.2) is 78.9 Å². The summed E-state index contributed by atoms with van der Waals surface area (Å²) >= 11 is 0. The highest BCUT2D eigenvalue weighted by Crippen LogP contribution is 2.50. The number of benzene rings is 4. The van der Waals surface area contributed by atoms with Crippen molar-refractivity contribution in [2.45, 2.75) is 0 Å². The Morgan fingerprint density at radius 3 is 2.23 bits per heavy atom. The molecule has 4 aromatic carbocycles. The highest BCUT2D eigenvalue weighted by Gasteiger charge is 2.23. The van der Waals surface area contributed by atoms with Gasteiger partial charge in [0.05, 0.1) is 0 Å². The molecule has 1 aliphatic carbocycles. The Bertz CT molecular complexity index is 1010. The fourth-order valence-electron chi connectivity index (χ4n) is 3.60. The summed E-state index contributed by atoms with van der Waals surface area (Å²) in [5.74, 6) is 0. The van der Waals surface area contributed by atoms with Crippen LogP contribution in [0.3, 0.4) is 0 Å². The van der Waals surface area contributed by atoms with E-state index in [1.165, 1.54) is 38.6 Å². The molecule has 22 heavy (non-hydrogen) atoms. The third-order valence-electron chi connectivity index (χ3n) is 4.53. The Kier molecular flexibility index (Phi) is 2.31. The summed E-state index contributed by atoms with van der Waals surface area (Å²) in [6.07, 6.45) is 0. The summed E-state index contributed by atoms with van der Waals surface area (Å²) in [5.41, 5.74) is 7.80. The molecule has 0 unspecified atom stereocenters. The van der Waals surface area contributed by atoms with Crippen LogP contribution >= 0.6 is 0 Å². The molecule has 0 N–H and O–H groups in total. The molecular formula is C22H13. The van der Waals surface area contributed by atoms with Crippen molar-refractivity contribution in [3.8, 4) is 33.4 Å². The minimum absolute atomic E-state index is 1.16. The Hall–Kier alpha value is -2.86. The summed E-state index contributed by atoms with van der Waals surface area (Å²) in [6.45, 7) is 0. The predicted octanol–water partition coefficient (Wildman–Crippen LogP) is 5.95. The van der Waals surface area contributed by atoms with Crippen molar-refractivity contribution in [1.82, 2.24) is 0 Å². The van der Waals surface area contributed by atoms with Crippen LogP contribution in [-0.4, -0.2) is 0 Å². The van der Waals surface area contributed by atoms with E-state index in [2.05, 4.69) is 72.8 Å². The number of hydrogen-bond donors (Lipinski definition) is 0. The molecule has 0 amide bonds. The summed E-state index contributed by atoms with van der Waals surface area (Å²) in [5, 5.41) is 2.68. The molecule has 0 aliphatic heterocycles. The zero-order chi connectivity index (χ0) is 14.5. The van der Waals surface area contributed by atoms with Crippen LogP contribution in [0.5, 0.6) is 0 Å². The van der Waals surface area contributed by atoms with Crippen LogP contribution in [-0.2, 0) is 0 Å². The van der Waals surface area contributed by atoms with Crippen LogP contribution in [0, 0.1) is 6.07 Å². The SMILES string of the molecule is [c]1ccccc1-c1ccc2cccc3c2c1-c1ccccc1-3. The molecule has 4 aromatic rings. The first-order valence-corrected chi connectivity index (χ1v) is 7.56. The van der Waals surface area contributed by atoms with Crippen molar-refractivity contribution in [2.24, 2.45) is 0 Å². The number of rotatable bonds is 1. The molecular weight excluding hydrogens is 264 g/mol. The van der Waals surface area contributed by atoms with Gasteiger partial charge in [0.1, 0.15) is 0 Å². The second-order valence-corrected chi connectivity index (χ2v) is 5.71. The van der Waals surface area contributed by atoms with Gasteiger partial charge in [-0.3, -0.25) is 0 Å². The van der Waals surface area contributed by atoms with Crippen LogP contribution < -0.4 is 0 Å². The van der Waals surface area contributed by atoms with Gasteiger partial charge in [-0.2, -0.15) is 0 Å². The van der Waals surface area contributed by atoms with Crippen LogP contribution in [0.1, 0.15) is 0 Å². The van der Waals surface area contributed by atoms with E-state index in [1.807, 2.05) is 12.1 Å².